The molecule has 0 fully saturated rings. The number of pyridine rings is 1. The summed E-state index contributed by atoms with van der Waals surface area (Å²) < 4.78 is 0. The van der Waals surface area contributed by atoms with Crippen LogP contribution in [-0.2, 0) is 0 Å². The predicted molar refractivity (Wildman–Crippen MR) is 62.5 cm³/mol. The van der Waals surface area contributed by atoms with Gasteiger partial charge < -0.3 is 10.6 Å². The quantitative estimate of drug-likeness (QED) is 0.592. The van der Waals surface area contributed by atoms with E-state index < -0.39 is 4.92 Å². The van der Waals surface area contributed by atoms with Crippen LogP contribution in [0.25, 0.3) is 0 Å². The second-order valence-corrected chi connectivity index (χ2v) is 3.30. The molecule has 7 heteroatoms. The number of nitro groups is 1. The smallest absolute Gasteiger partial charge is 0.312 e. The van der Waals surface area contributed by atoms with Crippen molar-refractivity contribution in [3.63, 3.8) is 0 Å². The lowest BCUT2D eigenvalue weighted by molar-refractivity contribution is -0.384. The summed E-state index contributed by atoms with van der Waals surface area (Å²) >= 11 is 0. The molecule has 90 valence electrons. The number of aromatic nitrogens is 1. The van der Waals surface area contributed by atoms with Crippen LogP contribution in [-0.4, -0.2) is 29.5 Å². The normalized spacial score (nSPS) is 9.71. The zero-order valence-corrected chi connectivity index (χ0v) is 9.46. The Morgan fingerprint density at radius 2 is 2.41 bits per heavy atom. The van der Waals surface area contributed by atoms with Gasteiger partial charge in [0, 0.05) is 31.9 Å². The van der Waals surface area contributed by atoms with Crippen LogP contribution < -0.4 is 10.6 Å². The highest BCUT2D eigenvalue weighted by atomic mass is 16.6. The third-order valence-electron chi connectivity index (χ3n) is 2.25. The van der Waals surface area contributed by atoms with Crippen molar-refractivity contribution >= 4 is 11.5 Å². The van der Waals surface area contributed by atoms with E-state index >= 15 is 0 Å². The van der Waals surface area contributed by atoms with E-state index in [9.17, 15) is 10.1 Å². The Labute approximate surface area is 98.6 Å². The first-order valence-electron chi connectivity index (χ1n) is 5.13. The molecule has 1 rings (SSSR count). The molecule has 1 aromatic rings. The molecule has 0 atom stereocenters. The zero-order chi connectivity index (χ0) is 12.8. The van der Waals surface area contributed by atoms with Crippen LogP contribution >= 0.6 is 0 Å². The van der Waals surface area contributed by atoms with Gasteiger partial charge in [0.05, 0.1) is 10.5 Å². The van der Waals surface area contributed by atoms with Crippen molar-refractivity contribution in [2.24, 2.45) is 5.73 Å². The summed E-state index contributed by atoms with van der Waals surface area (Å²) in [5.74, 6) is 0.252. The minimum Gasteiger partial charge on any atom is -0.350 e. The minimum absolute atomic E-state index is 0.167. The van der Waals surface area contributed by atoms with Crippen molar-refractivity contribution in [3.8, 4) is 6.07 Å². The molecule has 7 nitrogen and oxygen atoms in total. The molecule has 1 aromatic heterocycles. The molecule has 0 saturated carbocycles. The fourth-order valence-electron chi connectivity index (χ4n) is 1.45. The minimum atomic E-state index is -0.539. The molecule has 0 aliphatic carbocycles. The highest BCUT2D eigenvalue weighted by Gasteiger charge is 2.20. The van der Waals surface area contributed by atoms with E-state index in [0.717, 1.165) is 0 Å². The lowest BCUT2D eigenvalue weighted by Crippen LogP contribution is -2.30. The zero-order valence-electron chi connectivity index (χ0n) is 9.46. The molecule has 0 saturated heterocycles. The van der Waals surface area contributed by atoms with Crippen molar-refractivity contribution in [2.45, 2.75) is 6.92 Å². The molecular formula is C10H13N5O2. The van der Waals surface area contributed by atoms with E-state index in [-0.39, 0.29) is 17.1 Å². The number of hydrogen-bond acceptors (Lipinski definition) is 6. The van der Waals surface area contributed by atoms with Crippen molar-refractivity contribution in [2.75, 3.05) is 24.5 Å². The van der Waals surface area contributed by atoms with Crippen LogP contribution in [0.3, 0.4) is 0 Å². The fraction of sp³-hybridized carbons (Fsp3) is 0.400. The molecular weight excluding hydrogens is 222 g/mol. The average molecular weight is 235 g/mol. The monoisotopic (exact) mass is 235 g/mol. The molecule has 0 spiro atoms. The molecule has 0 aliphatic heterocycles. The van der Waals surface area contributed by atoms with E-state index in [4.69, 9.17) is 11.0 Å². The number of nitrogens with zero attached hydrogens (tertiary/aromatic N) is 4. The maximum atomic E-state index is 10.9. The van der Waals surface area contributed by atoms with Gasteiger partial charge in [0.2, 0.25) is 5.82 Å². The van der Waals surface area contributed by atoms with Gasteiger partial charge in [-0.2, -0.15) is 5.26 Å². The Kier molecular flexibility index (Phi) is 4.37. The summed E-state index contributed by atoms with van der Waals surface area (Å²) in [6.45, 7) is 3.29. The predicted octanol–water partition coefficient (Wildman–Crippen LogP) is 0.646. The van der Waals surface area contributed by atoms with Gasteiger partial charge in [-0.3, -0.25) is 10.1 Å². The average Bonchev–Trinajstić information content (AvgIpc) is 2.35. The first kappa shape index (κ1) is 12.9. The summed E-state index contributed by atoms with van der Waals surface area (Å²) in [5.41, 5.74) is 5.44. The van der Waals surface area contributed by atoms with Gasteiger partial charge in [-0.25, -0.2) is 4.98 Å². The van der Waals surface area contributed by atoms with Gasteiger partial charge >= 0.3 is 5.69 Å². The fourth-order valence-corrected chi connectivity index (χ4v) is 1.45. The third-order valence-corrected chi connectivity index (χ3v) is 2.25. The largest absolute Gasteiger partial charge is 0.350 e. The molecule has 0 unspecified atom stereocenters. The Hall–Kier alpha value is -2.20. The molecule has 2 N–H and O–H groups in total. The van der Waals surface area contributed by atoms with Crippen molar-refractivity contribution in [1.82, 2.24) is 4.98 Å². The van der Waals surface area contributed by atoms with Crippen LogP contribution in [0.2, 0.25) is 0 Å². The van der Waals surface area contributed by atoms with Crippen LogP contribution in [0, 0.1) is 21.4 Å². The maximum Gasteiger partial charge on any atom is 0.312 e. The molecule has 0 aliphatic rings. The summed E-state index contributed by atoms with van der Waals surface area (Å²) in [6, 6.07) is 3.05. The van der Waals surface area contributed by atoms with Crippen LogP contribution in [0.1, 0.15) is 12.5 Å². The highest BCUT2D eigenvalue weighted by Crippen LogP contribution is 2.25. The lowest BCUT2D eigenvalue weighted by atomic mass is 10.2. The first-order chi connectivity index (χ1) is 8.13. The van der Waals surface area contributed by atoms with E-state index in [2.05, 4.69) is 4.98 Å². The van der Waals surface area contributed by atoms with Crippen molar-refractivity contribution < 1.29 is 4.92 Å². The van der Waals surface area contributed by atoms with Gasteiger partial charge in [0.15, 0.2) is 0 Å². The van der Waals surface area contributed by atoms with Gasteiger partial charge in [0.1, 0.15) is 6.07 Å². The number of nitriles is 1. The van der Waals surface area contributed by atoms with Crippen molar-refractivity contribution in [3.05, 3.63) is 27.9 Å². The highest BCUT2D eigenvalue weighted by molar-refractivity contribution is 5.60. The summed E-state index contributed by atoms with van der Waals surface area (Å²) in [4.78, 5) is 16.0. The third kappa shape index (κ3) is 2.89. The van der Waals surface area contributed by atoms with E-state index in [1.807, 2.05) is 13.0 Å². The van der Waals surface area contributed by atoms with Gasteiger partial charge in [0.25, 0.3) is 0 Å². The summed E-state index contributed by atoms with van der Waals surface area (Å²) in [6.07, 6.45) is 1.32. The Bertz CT molecular complexity index is 454. The van der Waals surface area contributed by atoms with Crippen LogP contribution in [0.4, 0.5) is 11.5 Å². The lowest BCUT2D eigenvalue weighted by Gasteiger charge is -2.20. The molecule has 17 heavy (non-hydrogen) atoms. The van der Waals surface area contributed by atoms with E-state index in [0.29, 0.717) is 19.6 Å². The standard InChI is InChI=1S/C10H13N5O2/c1-2-14(4-3-11)10-9(15(16)17)5-8(6-12)7-13-10/h5,7H,2-4,11H2,1H3. The first-order valence-corrected chi connectivity index (χ1v) is 5.13. The van der Waals surface area contributed by atoms with Crippen LogP contribution in [0.15, 0.2) is 12.3 Å². The summed E-state index contributed by atoms with van der Waals surface area (Å²) in [5, 5.41) is 19.6. The molecule has 1 heterocycles. The van der Waals surface area contributed by atoms with Gasteiger partial charge in [-0.15, -0.1) is 0 Å². The summed E-state index contributed by atoms with van der Waals surface area (Å²) in [7, 11) is 0. The van der Waals surface area contributed by atoms with E-state index in [1.165, 1.54) is 12.3 Å². The molecule has 0 aromatic carbocycles. The van der Waals surface area contributed by atoms with E-state index in [1.54, 1.807) is 4.90 Å². The topological polar surface area (TPSA) is 109 Å². The second kappa shape index (κ2) is 5.77. The Morgan fingerprint density at radius 3 is 2.88 bits per heavy atom. The Balaban J connectivity index is 3.22. The second-order valence-electron chi connectivity index (χ2n) is 3.30. The maximum absolute atomic E-state index is 10.9. The number of likely N-dealkylation sites (N-methyl/N-ethyl adjacent to an activating group) is 1. The Morgan fingerprint density at radius 1 is 1.71 bits per heavy atom. The van der Waals surface area contributed by atoms with Crippen LogP contribution in [0.5, 0.6) is 0 Å². The number of hydrogen-bond donors (Lipinski definition) is 1. The number of anilines is 1. The van der Waals surface area contributed by atoms with Gasteiger partial charge in [-0.05, 0) is 6.92 Å². The van der Waals surface area contributed by atoms with Gasteiger partial charge in [-0.1, -0.05) is 0 Å². The number of nitrogens with two attached hydrogens (primary N) is 1. The number of rotatable bonds is 5. The molecule has 0 bridgehead atoms. The molecule has 0 amide bonds. The molecule has 0 radical (unpaired) electrons. The SMILES string of the molecule is CCN(CCN)c1ncc(C#N)cc1[N+](=O)[O-]. The van der Waals surface area contributed by atoms with Crippen molar-refractivity contribution in [1.29, 1.82) is 5.26 Å².